The maximum Gasteiger partial charge on any atom is 0.338 e. The third kappa shape index (κ3) is 5.45. The maximum absolute atomic E-state index is 12.6. The van der Waals surface area contributed by atoms with Gasteiger partial charge in [0.25, 0.3) is 0 Å². The first-order valence-corrected chi connectivity index (χ1v) is 9.62. The van der Waals surface area contributed by atoms with E-state index in [2.05, 4.69) is 5.32 Å². The van der Waals surface area contributed by atoms with Gasteiger partial charge in [0.05, 0.1) is 18.1 Å². The molecule has 1 unspecified atom stereocenters. The lowest BCUT2D eigenvalue weighted by Gasteiger charge is -2.34. The number of ether oxygens (including phenoxy) is 1. The van der Waals surface area contributed by atoms with Crippen LogP contribution < -0.4 is 5.32 Å². The van der Waals surface area contributed by atoms with Crippen molar-refractivity contribution in [2.24, 2.45) is 5.92 Å². The summed E-state index contributed by atoms with van der Waals surface area (Å²) in [5.41, 5.74) is 0.922. The Hall–Kier alpha value is -2.57. The Labute approximate surface area is 160 Å². The molecule has 0 aliphatic carbocycles. The molecule has 2 rings (SSSR count). The number of amides is 3. The number of piperidine rings is 1. The molecule has 0 saturated carbocycles. The largest absolute Gasteiger partial charge is 0.462 e. The number of nitrogens with zero attached hydrogens (tertiary/aromatic N) is 2. The highest BCUT2D eigenvalue weighted by atomic mass is 16.5. The fourth-order valence-electron chi connectivity index (χ4n) is 3.30. The molecular weight excluding hydrogens is 346 g/mol. The van der Waals surface area contributed by atoms with Gasteiger partial charge in [-0.05, 0) is 51.8 Å². The molecule has 7 nitrogen and oxygen atoms in total. The van der Waals surface area contributed by atoms with E-state index in [4.69, 9.17) is 4.74 Å². The van der Waals surface area contributed by atoms with Crippen molar-refractivity contribution >= 4 is 23.6 Å². The number of nitrogens with one attached hydrogen (secondary N) is 1. The van der Waals surface area contributed by atoms with Crippen LogP contribution in [0.15, 0.2) is 24.3 Å². The van der Waals surface area contributed by atoms with Crippen molar-refractivity contribution in [3.8, 4) is 0 Å². The van der Waals surface area contributed by atoms with E-state index in [1.807, 2.05) is 18.7 Å². The molecule has 7 heteroatoms. The van der Waals surface area contributed by atoms with Crippen LogP contribution in [0.2, 0.25) is 0 Å². The van der Waals surface area contributed by atoms with Gasteiger partial charge >= 0.3 is 12.0 Å². The normalized spacial score (nSPS) is 16.6. The number of hydrogen-bond donors (Lipinski definition) is 1. The highest BCUT2D eigenvalue weighted by Crippen LogP contribution is 2.20. The van der Waals surface area contributed by atoms with E-state index in [-0.39, 0.29) is 17.9 Å². The predicted molar refractivity (Wildman–Crippen MR) is 104 cm³/mol. The van der Waals surface area contributed by atoms with Gasteiger partial charge in [-0.15, -0.1) is 0 Å². The zero-order valence-corrected chi connectivity index (χ0v) is 16.4. The van der Waals surface area contributed by atoms with Gasteiger partial charge in [-0.1, -0.05) is 6.07 Å². The van der Waals surface area contributed by atoms with E-state index in [1.165, 1.54) is 0 Å². The van der Waals surface area contributed by atoms with E-state index >= 15 is 0 Å². The topological polar surface area (TPSA) is 79.0 Å². The van der Waals surface area contributed by atoms with Gasteiger partial charge in [0.15, 0.2) is 0 Å². The van der Waals surface area contributed by atoms with Crippen LogP contribution >= 0.6 is 0 Å². The van der Waals surface area contributed by atoms with Gasteiger partial charge in [-0.25, -0.2) is 9.59 Å². The minimum absolute atomic E-state index is 0.113. The molecule has 0 aromatic heterocycles. The van der Waals surface area contributed by atoms with E-state index in [0.29, 0.717) is 44.0 Å². The van der Waals surface area contributed by atoms with Crippen molar-refractivity contribution < 1.29 is 19.1 Å². The molecule has 1 heterocycles. The Balaban J connectivity index is 2.00. The van der Waals surface area contributed by atoms with Crippen molar-refractivity contribution in [3.05, 3.63) is 29.8 Å². The molecule has 1 aliphatic rings. The summed E-state index contributed by atoms with van der Waals surface area (Å²) in [5, 5.41) is 2.82. The monoisotopic (exact) mass is 375 g/mol. The highest BCUT2D eigenvalue weighted by Gasteiger charge is 2.30. The Morgan fingerprint density at radius 1 is 1.22 bits per heavy atom. The standard InChI is InChI=1S/C20H29N3O4/c1-4-22(5-2)18(24)16-10-8-12-23(14-16)20(26)21-17-11-7-9-15(13-17)19(25)27-6-3/h7,9,11,13,16H,4-6,8,10,12,14H2,1-3H3,(H,21,26). The van der Waals surface area contributed by atoms with Gasteiger partial charge in [0, 0.05) is 31.9 Å². The molecule has 1 N–H and O–H groups in total. The fourth-order valence-corrected chi connectivity index (χ4v) is 3.30. The van der Waals surface area contributed by atoms with Crippen molar-refractivity contribution in [1.29, 1.82) is 0 Å². The van der Waals surface area contributed by atoms with Crippen LogP contribution in [0.1, 0.15) is 44.0 Å². The average molecular weight is 375 g/mol. The number of anilines is 1. The molecule has 1 aromatic rings. The van der Waals surface area contributed by atoms with Crippen LogP contribution in [0.3, 0.4) is 0 Å². The van der Waals surface area contributed by atoms with Crippen LogP contribution in [0.25, 0.3) is 0 Å². The molecule has 1 aliphatic heterocycles. The molecule has 27 heavy (non-hydrogen) atoms. The van der Waals surface area contributed by atoms with E-state index < -0.39 is 5.97 Å². The lowest BCUT2D eigenvalue weighted by Crippen LogP contribution is -2.47. The summed E-state index contributed by atoms with van der Waals surface area (Å²) in [4.78, 5) is 40.5. The van der Waals surface area contributed by atoms with Crippen molar-refractivity contribution in [2.45, 2.75) is 33.6 Å². The van der Waals surface area contributed by atoms with Crippen LogP contribution in [-0.4, -0.2) is 60.5 Å². The lowest BCUT2D eigenvalue weighted by atomic mass is 9.96. The van der Waals surface area contributed by atoms with Crippen molar-refractivity contribution in [1.82, 2.24) is 9.80 Å². The molecule has 148 valence electrons. The van der Waals surface area contributed by atoms with Gasteiger partial charge in [-0.3, -0.25) is 4.79 Å². The smallest absolute Gasteiger partial charge is 0.338 e. The number of hydrogen-bond acceptors (Lipinski definition) is 4. The molecule has 0 bridgehead atoms. The number of benzene rings is 1. The second-order valence-electron chi connectivity index (χ2n) is 6.53. The van der Waals surface area contributed by atoms with Crippen LogP contribution in [0.4, 0.5) is 10.5 Å². The maximum atomic E-state index is 12.6. The van der Waals surface area contributed by atoms with Gasteiger partial charge < -0.3 is 19.9 Å². The highest BCUT2D eigenvalue weighted by molar-refractivity contribution is 5.94. The molecule has 0 spiro atoms. The number of esters is 1. The summed E-state index contributed by atoms with van der Waals surface area (Å²) in [6.45, 7) is 8.36. The fraction of sp³-hybridized carbons (Fsp3) is 0.550. The van der Waals surface area contributed by atoms with E-state index in [0.717, 1.165) is 12.8 Å². The zero-order valence-electron chi connectivity index (χ0n) is 16.4. The molecule has 1 aromatic carbocycles. The molecule has 1 atom stereocenters. The summed E-state index contributed by atoms with van der Waals surface area (Å²) in [6.07, 6.45) is 1.60. The summed E-state index contributed by atoms with van der Waals surface area (Å²) < 4.78 is 4.98. The molecule has 1 saturated heterocycles. The number of urea groups is 1. The second kappa shape index (κ2) is 9.94. The summed E-state index contributed by atoms with van der Waals surface area (Å²) in [5.74, 6) is -0.464. The SMILES string of the molecule is CCOC(=O)c1cccc(NC(=O)N2CCCC(C(=O)N(CC)CC)C2)c1. The molecule has 1 fully saturated rings. The summed E-state index contributed by atoms with van der Waals surface area (Å²) in [7, 11) is 0. The van der Waals surface area contributed by atoms with Gasteiger partial charge in [0.2, 0.25) is 5.91 Å². The summed E-state index contributed by atoms with van der Waals surface area (Å²) in [6, 6.07) is 6.41. The number of likely N-dealkylation sites (tertiary alicyclic amines) is 1. The Morgan fingerprint density at radius 3 is 2.63 bits per heavy atom. The van der Waals surface area contributed by atoms with Crippen LogP contribution in [0, 0.1) is 5.92 Å². The van der Waals surface area contributed by atoms with Gasteiger partial charge in [-0.2, -0.15) is 0 Å². The van der Waals surface area contributed by atoms with E-state index in [1.54, 1.807) is 36.1 Å². The Kier molecular flexibility index (Phi) is 7.64. The molecule has 3 amide bonds. The minimum atomic E-state index is -0.420. The Bertz CT molecular complexity index is 673. The first-order valence-electron chi connectivity index (χ1n) is 9.62. The van der Waals surface area contributed by atoms with Gasteiger partial charge in [0.1, 0.15) is 0 Å². The predicted octanol–water partition coefficient (Wildman–Crippen LogP) is 2.98. The summed E-state index contributed by atoms with van der Waals surface area (Å²) >= 11 is 0. The number of carbonyl (C=O) groups is 3. The third-order valence-corrected chi connectivity index (χ3v) is 4.76. The van der Waals surface area contributed by atoms with E-state index in [9.17, 15) is 14.4 Å². The number of carbonyl (C=O) groups excluding carboxylic acids is 3. The Morgan fingerprint density at radius 2 is 1.96 bits per heavy atom. The average Bonchev–Trinajstić information content (AvgIpc) is 2.69. The second-order valence-corrected chi connectivity index (χ2v) is 6.53. The zero-order chi connectivity index (χ0) is 19.8. The number of rotatable bonds is 6. The van der Waals surface area contributed by atoms with Crippen molar-refractivity contribution in [2.75, 3.05) is 38.1 Å². The minimum Gasteiger partial charge on any atom is -0.462 e. The van der Waals surface area contributed by atoms with Crippen LogP contribution in [-0.2, 0) is 9.53 Å². The third-order valence-electron chi connectivity index (χ3n) is 4.76. The van der Waals surface area contributed by atoms with Crippen molar-refractivity contribution in [3.63, 3.8) is 0 Å². The quantitative estimate of drug-likeness (QED) is 0.775. The molecule has 0 radical (unpaired) electrons. The molecular formula is C20H29N3O4. The first kappa shape index (κ1) is 20.7. The first-order chi connectivity index (χ1) is 13.0. The van der Waals surface area contributed by atoms with Crippen LogP contribution in [0.5, 0.6) is 0 Å². The lowest BCUT2D eigenvalue weighted by molar-refractivity contribution is -0.136.